The molecule has 30 heavy (non-hydrogen) atoms. The van der Waals surface area contributed by atoms with Crippen molar-refractivity contribution in [2.75, 3.05) is 13.1 Å². The fourth-order valence-corrected chi connectivity index (χ4v) is 6.49. The van der Waals surface area contributed by atoms with Crippen LogP contribution in [0.25, 0.3) is 11.1 Å². The summed E-state index contributed by atoms with van der Waals surface area (Å²) in [5, 5.41) is 0.651. The van der Waals surface area contributed by atoms with Crippen molar-refractivity contribution >= 4 is 21.6 Å². The van der Waals surface area contributed by atoms with Gasteiger partial charge in [0.1, 0.15) is 0 Å². The Morgan fingerprint density at radius 1 is 0.867 bits per heavy atom. The molecule has 2 aliphatic rings. The lowest BCUT2D eigenvalue weighted by Gasteiger charge is -2.42. The van der Waals surface area contributed by atoms with E-state index in [0.29, 0.717) is 29.6 Å². The summed E-state index contributed by atoms with van der Waals surface area (Å²) in [7, 11) is -3.57. The Kier molecular flexibility index (Phi) is 4.81. The van der Waals surface area contributed by atoms with E-state index in [1.807, 2.05) is 41.0 Å². The Labute approximate surface area is 180 Å². The number of hydrogen-bond acceptors (Lipinski definition) is 3. The van der Waals surface area contributed by atoms with E-state index < -0.39 is 10.0 Å². The van der Waals surface area contributed by atoms with Crippen molar-refractivity contribution in [3.05, 3.63) is 87.8 Å². The molecule has 0 radical (unpaired) electrons. The lowest BCUT2D eigenvalue weighted by molar-refractivity contribution is 0.187. The molecule has 0 aliphatic carbocycles. The van der Waals surface area contributed by atoms with Gasteiger partial charge in [0.25, 0.3) is 5.56 Å². The minimum absolute atomic E-state index is 0.0308. The van der Waals surface area contributed by atoms with Crippen LogP contribution in [-0.4, -0.2) is 30.4 Å². The SMILES string of the molecule is O=c1ccc(-c2ccc(Cl)cc2)c2n1CC1CC2CN(S(=O)(=O)c2ccccc2)C1. The predicted molar refractivity (Wildman–Crippen MR) is 117 cm³/mol. The molecule has 0 saturated carbocycles. The molecule has 2 aliphatic heterocycles. The van der Waals surface area contributed by atoms with Crippen molar-refractivity contribution in [2.45, 2.75) is 23.8 Å². The van der Waals surface area contributed by atoms with Crippen molar-refractivity contribution in [1.82, 2.24) is 8.87 Å². The number of fused-ring (bicyclic) bond motifs is 4. The van der Waals surface area contributed by atoms with Gasteiger partial charge in [0.05, 0.1) is 4.90 Å². The normalized spacial score (nSPS) is 21.2. The van der Waals surface area contributed by atoms with Gasteiger partial charge in [-0.25, -0.2) is 8.42 Å². The van der Waals surface area contributed by atoms with E-state index in [1.165, 1.54) is 0 Å². The van der Waals surface area contributed by atoms with Gasteiger partial charge >= 0.3 is 0 Å². The molecule has 3 aromatic rings. The number of sulfonamides is 1. The molecule has 1 aromatic heterocycles. The van der Waals surface area contributed by atoms with Crippen LogP contribution in [-0.2, 0) is 16.6 Å². The van der Waals surface area contributed by atoms with Crippen molar-refractivity contribution < 1.29 is 8.42 Å². The van der Waals surface area contributed by atoms with Crippen LogP contribution in [0.2, 0.25) is 5.02 Å². The number of hydrogen-bond donors (Lipinski definition) is 0. The summed E-state index contributed by atoms with van der Waals surface area (Å²) in [6, 6.07) is 19.6. The number of pyridine rings is 1. The van der Waals surface area contributed by atoms with Crippen LogP contribution in [0.3, 0.4) is 0 Å². The number of piperidine rings is 1. The summed E-state index contributed by atoms with van der Waals surface area (Å²) in [5.74, 6) is 0.0865. The van der Waals surface area contributed by atoms with E-state index in [2.05, 4.69) is 0 Å². The molecule has 7 heteroatoms. The second-order valence-corrected chi connectivity index (χ2v) is 10.4. The third-order valence-corrected chi connectivity index (χ3v) is 8.19. The first kappa shape index (κ1) is 19.5. The first-order valence-corrected chi connectivity index (χ1v) is 11.8. The first-order chi connectivity index (χ1) is 14.4. The summed E-state index contributed by atoms with van der Waals surface area (Å²) in [5.41, 5.74) is 2.84. The minimum atomic E-state index is -3.57. The number of rotatable bonds is 3. The van der Waals surface area contributed by atoms with Gasteiger partial charge in [-0.1, -0.05) is 41.9 Å². The van der Waals surface area contributed by atoms with E-state index in [1.54, 1.807) is 34.6 Å². The zero-order valence-electron chi connectivity index (χ0n) is 16.2. The van der Waals surface area contributed by atoms with Gasteiger partial charge in [0.2, 0.25) is 10.0 Å². The molecule has 2 bridgehead atoms. The summed E-state index contributed by atoms with van der Waals surface area (Å²) < 4.78 is 29.9. The first-order valence-electron chi connectivity index (χ1n) is 9.98. The fourth-order valence-electron chi connectivity index (χ4n) is 4.78. The molecule has 0 spiro atoms. The molecule has 5 nitrogen and oxygen atoms in total. The van der Waals surface area contributed by atoms with Crippen LogP contribution < -0.4 is 5.56 Å². The molecule has 5 rings (SSSR count). The molecular weight excluding hydrogens is 420 g/mol. The molecule has 1 saturated heterocycles. The van der Waals surface area contributed by atoms with Gasteiger partial charge in [-0.15, -0.1) is 0 Å². The second-order valence-electron chi connectivity index (χ2n) is 8.02. The Bertz CT molecular complexity index is 1250. The van der Waals surface area contributed by atoms with Crippen LogP contribution in [0, 0.1) is 5.92 Å². The third kappa shape index (κ3) is 3.29. The molecule has 154 valence electrons. The number of halogens is 1. The van der Waals surface area contributed by atoms with Crippen molar-refractivity contribution in [1.29, 1.82) is 0 Å². The predicted octanol–water partition coefficient (Wildman–Crippen LogP) is 3.98. The van der Waals surface area contributed by atoms with Crippen LogP contribution in [0.15, 0.2) is 76.4 Å². The third-order valence-electron chi connectivity index (χ3n) is 6.09. The smallest absolute Gasteiger partial charge is 0.250 e. The average molecular weight is 441 g/mol. The Balaban J connectivity index is 1.58. The standard InChI is InChI=1S/C23H21ClN2O3S/c24-19-8-6-17(7-9-19)21-10-11-22(27)26-14-16-12-18(23(21)26)15-25(13-16)30(28,29)20-4-2-1-3-5-20/h1-11,16,18H,12-15H2. The van der Waals surface area contributed by atoms with Crippen LogP contribution >= 0.6 is 11.6 Å². The molecule has 3 heterocycles. The summed E-state index contributed by atoms with van der Waals surface area (Å²) in [6.07, 6.45) is 0.880. The zero-order valence-corrected chi connectivity index (χ0v) is 17.8. The molecule has 0 amide bonds. The number of nitrogens with zero attached hydrogens (tertiary/aromatic N) is 2. The highest BCUT2D eigenvalue weighted by molar-refractivity contribution is 7.89. The lowest BCUT2D eigenvalue weighted by atomic mass is 9.81. The van der Waals surface area contributed by atoms with E-state index >= 15 is 0 Å². The summed E-state index contributed by atoms with van der Waals surface area (Å²) >= 11 is 6.05. The van der Waals surface area contributed by atoms with Gasteiger partial charge in [0.15, 0.2) is 0 Å². The quantitative estimate of drug-likeness (QED) is 0.619. The van der Waals surface area contributed by atoms with Gasteiger partial charge in [0, 0.05) is 47.9 Å². The van der Waals surface area contributed by atoms with Crippen LogP contribution in [0.5, 0.6) is 0 Å². The molecule has 2 aromatic carbocycles. The van der Waals surface area contributed by atoms with E-state index in [-0.39, 0.29) is 17.4 Å². The Morgan fingerprint density at radius 3 is 2.33 bits per heavy atom. The Morgan fingerprint density at radius 2 is 1.60 bits per heavy atom. The maximum atomic E-state index is 13.2. The van der Waals surface area contributed by atoms with E-state index in [9.17, 15) is 13.2 Å². The van der Waals surface area contributed by atoms with Gasteiger partial charge in [-0.05, 0) is 48.2 Å². The summed E-state index contributed by atoms with van der Waals surface area (Å²) in [6.45, 7) is 1.34. The molecular formula is C23H21ClN2O3S. The number of aromatic nitrogens is 1. The fraction of sp³-hybridized carbons (Fsp3) is 0.261. The summed E-state index contributed by atoms with van der Waals surface area (Å²) in [4.78, 5) is 13.0. The van der Waals surface area contributed by atoms with E-state index in [0.717, 1.165) is 23.2 Å². The monoisotopic (exact) mass is 440 g/mol. The highest BCUT2D eigenvalue weighted by Gasteiger charge is 2.40. The van der Waals surface area contributed by atoms with Gasteiger partial charge < -0.3 is 4.57 Å². The van der Waals surface area contributed by atoms with Crippen molar-refractivity contribution in [2.24, 2.45) is 5.92 Å². The Hall–Kier alpha value is -2.41. The van der Waals surface area contributed by atoms with Gasteiger partial charge in [-0.2, -0.15) is 4.31 Å². The number of benzene rings is 2. The highest BCUT2D eigenvalue weighted by atomic mass is 35.5. The minimum Gasteiger partial charge on any atom is -0.311 e. The largest absolute Gasteiger partial charge is 0.311 e. The highest BCUT2D eigenvalue weighted by Crippen LogP contribution is 2.41. The molecule has 1 fully saturated rings. The van der Waals surface area contributed by atoms with E-state index in [4.69, 9.17) is 11.6 Å². The topological polar surface area (TPSA) is 59.4 Å². The second kappa shape index (κ2) is 7.38. The van der Waals surface area contributed by atoms with Crippen LogP contribution in [0.4, 0.5) is 0 Å². The van der Waals surface area contributed by atoms with Gasteiger partial charge in [-0.3, -0.25) is 4.79 Å². The van der Waals surface area contributed by atoms with Crippen molar-refractivity contribution in [3.63, 3.8) is 0 Å². The van der Waals surface area contributed by atoms with Crippen molar-refractivity contribution in [3.8, 4) is 11.1 Å². The van der Waals surface area contributed by atoms with Crippen LogP contribution in [0.1, 0.15) is 18.0 Å². The average Bonchev–Trinajstić information content (AvgIpc) is 2.76. The molecule has 2 unspecified atom stereocenters. The maximum absolute atomic E-state index is 13.2. The lowest BCUT2D eigenvalue weighted by Crippen LogP contribution is -2.49. The molecule has 2 atom stereocenters. The maximum Gasteiger partial charge on any atom is 0.250 e. The molecule has 0 N–H and O–H groups in total. The zero-order chi connectivity index (χ0) is 20.9.